The Kier molecular flexibility index (Phi) is 3.93. The molecule has 4 rings (SSSR count). The van der Waals surface area contributed by atoms with Crippen LogP contribution >= 0.6 is 11.3 Å². The number of ether oxygens (including phenoxy) is 1. The molecule has 9 nitrogen and oxygen atoms in total. The number of hydrogen-bond donors (Lipinski definition) is 0. The molecule has 27 heavy (non-hydrogen) atoms. The van der Waals surface area contributed by atoms with Crippen LogP contribution in [0.1, 0.15) is 44.4 Å². The number of aromatic nitrogens is 4. The van der Waals surface area contributed by atoms with Gasteiger partial charge < -0.3 is 4.74 Å². The van der Waals surface area contributed by atoms with Gasteiger partial charge in [0.15, 0.2) is 5.82 Å². The van der Waals surface area contributed by atoms with Crippen LogP contribution in [0.3, 0.4) is 0 Å². The van der Waals surface area contributed by atoms with Crippen LogP contribution in [0.5, 0.6) is 6.01 Å². The lowest BCUT2D eigenvalue weighted by molar-refractivity contribution is 0.0587. The second-order valence-corrected chi connectivity index (χ2v) is 6.70. The van der Waals surface area contributed by atoms with Crippen LogP contribution in [-0.4, -0.2) is 43.6 Å². The van der Waals surface area contributed by atoms with E-state index in [1.165, 1.54) is 18.0 Å². The highest BCUT2D eigenvalue weighted by atomic mass is 32.1. The quantitative estimate of drug-likeness (QED) is 0.636. The molecule has 0 unspecified atom stereocenters. The Balaban J connectivity index is 1.78. The van der Waals surface area contributed by atoms with E-state index >= 15 is 0 Å². The summed E-state index contributed by atoms with van der Waals surface area (Å²) in [6.45, 7) is 1.68. The highest BCUT2D eigenvalue weighted by Crippen LogP contribution is 2.32. The minimum absolute atomic E-state index is 0.0715. The fourth-order valence-electron chi connectivity index (χ4n) is 2.89. The number of amides is 2. The van der Waals surface area contributed by atoms with E-state index in [9.17, 15) is 9.59 Å². The lowest BCUT2D eigenvalue weighted by Crippen LogP contribution is -2.34. The van der Waals surface area contributed by atoms with Crippen molar-refractivity contribution in [1.82, 2.24) is 24.6 Å². The van der Waals surface area contributed by atoms with E-state index in [4.69, 9.17) is 10.00 Å². The normalized spacial score (nSPS) is 14.2. The highest BCUT2D eigenvalue weighted by Gasteiger charge is 2.40. The van der Waals surface area contributed by atoms with Crippen molar-refractivity contribution in [3.63, 3.8) is 0 Å². The minimum Gasteiger partial charge on any atom is -0.466 e. The van der Waals surface area contributed by atoms with Gasteiger partial charge in [0, 0.05) is 0 Å². The summed E-state index contributed by atoms with van der Waals surface area (Å²) in [6.07, 6.45) is 1.42. The first kappa shape index (κ1) is 16.9. The third-order valence-electron chi connectivity index (χ3n) is 4.17. The summed E-state index contributed by atoms with van der Waals surface area (Å²) in [5.41, 5.74) is 0.710. The largest absolute Gasteiger partial charge is 0.466 e. The number of thiazole rings is 1. The minimum atomic E-state index is -0.719. The fourth-order valence-corrected chi connectivity index (χ4v) is 3.57. The van der Waals surface area contributed by atoms with Crippen molar-refractivity contribution in [3.05, 3.63) is 52.3 Å². The van der Waals surface area contributed by atoms with E-state index in [1.807, 2.05) is 6.07 Å². The van der Waals surface area contributed by atoms with Crippen LogP contribution in [0.4, 0.5) is 0 Å². The van der Waals surface area contributed by atoms with Crippen molar-refractivity contribution >= 4 is 23.2 Å². The van der Waals surface area contributed by atoms with Gasteiger partial charge >= 0.3 is 6.01 Å². The number of carbonyl (C=O) groups is 2. The second kappa shape index (κ2) is 6.30. The van der Waals surface area contributed by atoms with Crippen molar-refractivity contribution < 1.29 is 14.3 Å². The van der Waals surface area contributed by atoms with E-state index in [0.717, 1.165) is 16.2 Å². The molecule has 0 bridgehead atoms. The summed E-state index contributed by atoms with van der Waals surface area (Å²) in [5.74, 6) is -0.484. The predicted molar refractivity (Wildman–Crippen MR) is 93.7 cm³/mol. The molecule has 10 heteroatoms. The molecule has 0 saturated carbocycles. The van der Waals surface area contributed by atoms with Gasteiger partial charge in [0.05, 0.1) is 30.5 Å². The average Bonchev–Trinajstić information content (AvgIpc) is 3.39. The third kappa shape index (κ3) is 2.56. The molecule has 0 fully saturated rings. The number of benzene rings is 1. The number of nitriles is 1. The van der Waals surface area contributed by atoms with Gasteiger partial charge in [-0.25, -0.2) is 4.98 Å². The first-order chi connectivity index (χ1) is 13.0. The smallest absolute Gasteiger partial charge is 0.335 e. The molecule has 3 aromatic rings. The molecule has 1 atom stereocenters. The zero-order valence-corrected chi connectivity index (χ0v) is 15.1. The van der Waals surface area contributed by atoms with Gasteiger partial charge in [-0.05, 0) is 19.1 Å². The number of carbonyl (C=O) groups excluding carboxylic acids is 2. The molecule has 134 valence electrons. The van der Waals surface area contributed by atoms with Gasteiger partial charge in [0.2, 0.25) is 5.13 Å². The maximum absolute atomic E-state index is 12.8. The Labute approximate surface area is 157 Å². The summed E-state index contributed by atoms with van der Waals surface area (Å²) in [5, 5.41) is 13.6. The van der Waals surface area contributed by atoms with E-state index in [2.05, 4.69) is 15.1 Å². The Morgan fingerprint density at radius 2 is 1.89 bits per heavy atom. The monoisotopic (exact) mass is 380 g/mol. The van der Waals surface area contributed by atoms with Crippen LogP contribution in [0.25, 0.3) is 5.13 Å². The number of hydrogen-bond acceptors (Lipinski definition) is 8. The molecule has 0 aliphatic carbocycles. The zero-order chi connectivity index (χ0) is 19.1. The SMILES string of the molecule is COc1nc([C@H](C)N2C(=O)c3ccccc3C2=O)n(-c2ncc(C#N)s2)n1. The zero-order valence-electron chi connectivity index (χ0n) is 14.3. The Morgan fingerprint density at radius 3 is 2.44 bits per heavy atom. The molecule has 0 saturated heterocycles. The summed E-state index contributed by atoms with van der Waals surface area (Å²) < 4.78 is 6.49. The maximum atomic E-state index is 12.8. The van der Waals surface area contributed by atoms with Gasteiger partial charge in [-0.2, -0.15) is 14.9 Å². The van der Waals surface area contributed by atoms with Crippen LogP contribution in [0, 0.1) is 11.3 Å². The summed E-state index contributed by atoms with van der Waals surface area (Å²) in [7, 11) is 1.42. The molecular weight excluding hydrogens is 368 g/mol. The summed E-state index contributed by atoms with van der Waals surface area (Å²) in [4.78, 5) is 35.5. The number of methoxy groups -OCH3 is 1. The predicted octanol–water partition coefficient (Wildman–Crippen LogP) is 1.96. The van der Waals surface area contributed by atoms with Crippen LogP contribution in [0.2, 0.25) is 0 Å². The fraction of sp³-hybridized carbons (Fsp3) is 0.176. The first-order valence-corrected chi connectivity index (χ1v) is 8.71. The topological polar surface area (TPSA) is 114 Å². The molecule has 0 spiro atoms. The molecule has 3 heterocycles. The van der Waals surface area contributed by atoms with Crippen LogP contribution in [-0.2, 0) is 0 Å². The standard InChI is InChI=1S/C17H12N6O3S/c1-9(22-14(24)11-5-3-4-6-12(11)15(22)25)13-20-16(26-2)21-23(13)17-19-8-10(7-18)27-17/h3-6,8-9H,1-2H3/t9-/m0/s1. The van der Waals surface area contributed by atoms with Gasteiger partial charge in [-0.15, -0.1) is 5.10 Å². The van der Waals surface area contributed by atoms with Crippen LogP contribution in [0.15, 0.2) is 30.5 Å². The average molecular weight is 380 g/mol. The summed E-state index contributed by atoms with van der Waals surface area (Å²) >= 11 is 1.12. The molecule has 1 aliphatic rings. The van der Waals surface area contributed by atoms with Crippen molar-refractivity contribution in [2.75, 3.05) is 7.11 Å². The number of nitrogens with zero attached hydrogens (tertiary/aromatic N) is 6. The van der Waals surface area contributed by atoms with Gasteiger partial charge in [-0.3, -0.25) is 14.5 Å². The second-order valence-electron chi connectivity index (χ2n) is 5.69. The molecular formula is C17H12N6O3S. The lowest BCUT2D eigenvalue weighted by Gasteiger charge is -2.21. The first-order valence-electron chi connectivity index (χ1n) is 7.89. The number of rotatable bonds is 4. The van der Waals surface area contributed by atoms with Crippen molar-refractivity contribution in [2.45, 2.75) is 13.0 Å². The lowest BCUT2D eigenvalue weighted by atomic mass is 10.1. The van der Waals surface area contributed by atoms with E-state index < -0.39 is 17.9 Å². The number of fused-ring (bicyclic) bond motifs is 1. The van der Waals surface area contributed by atoms with Crippen molar-refractivity contribution in [1.29, 1.82) is 5.26 Å². The Morgan fingerprint density at radius 1 is 1.22 bits per heavy atom. The Bertz CT molecular complexity index is 1080. The highest BCUT2D eigenvalue weighted by molar-refractivity contribution is 7.14. The maximum Gasteiger partial charge on any atom is 0.335 e. The van der Waals surface area contributed by atoms with Gasteiger partial charge in [-0.1, -0.05) is 23.5 Å². The van der Waals surface area contributed by atoms with Crippen molar-refractivity contribution in [2.24, 2.45) is 0 Å². The van der Waals surface area contributed by atoms with E-state index in [-0.39, 0.29) is 6.01 Å². The molecule has 0 N–H and O–H groups in total. The molecule has 1 aromatic carbocycles. The van der Waals surface area contributed by atoms with Crippen LogP contribution < -0.4 is 4.74 Å². The number of imide groups is 1. The summed E-state index contributed by atoms with van der Waals surface area (Å²) in [6, 6.07) is 8.02. The van der Waals surface area contributed by atoms with E-state index in [1.54, 1.807) is 31.2 Å². The van der Waals surface area contributed by atoms with Gasteiger partial charge in [0.25, 0.3) is 11.8 Å². The molecule has 1 aliphatic heterocycles. The van der Waals surface area contributed by atoms with E-state index in [0.29, 0.717) is 27.0 Å². The third-order valence-corrected chi connectivity index (χ3v) is 5.04. The molecule has 2 aromatic heterocycles. The molecule has 2 amide bonds. The Hall–Kier alpha value is -3.58. The van der Waals surface area contributed by atoms with Gasteiger partial charge in [0.1, 0.15) is 10.9 Å². The molecule has 0 radical (unpaired) electrons. The van der Waals surface area contributed by atoms with Crippen molar-refractivity contribution in [3.8, 4) is 17.2 Å².